The van der Waals surface area contributed by atoms with Gasteiger partial charge in [-0.2, -0.15) is 0 Å². The Bertz CT molecular complexity index is 1120. The smallest absolute Gasteiger partial charge is 0.144 e. The van der Waals surface area contributed by atoms with Gasteiger partial charge in [-0.05, 0) is 35.1 Å². The minimum atomic E-state index is -0.230. The zero-order valence-electron chi connectivity index (χ0n) is 18.2. The Morgan fingerprint density at radius 3 is 2.26 bits per heavy atom. The maximum Gasteiger partial charge on any atom is 0.144 e. The molecule has 5 rings (SSSR count). The average Bonchev–Trinajstić information content (AvgIpc) is 2.89. The molecule has 2 atom stereocenters. The molecule has 1 aliphatic carbocycles. The molecule has 0 unspecified atom stereocenters. The van der Waals surface area contributed by atoms with Gasteiger partial charge in [0.05, 0.1) is 23.3 Å². The van der Waals surface area contributed by atoms with Crippen LogP contribution in [0.4, 0.5) is 11.4 Å². The molecule has 0 aromatic heterocycles. The molecule has 1 heterocycles. The molecule has 0 amide bonds. The first-order valence-corrected chi connectivity index (χ1v) is 11.1. The van der Waals surface area contributed by atoms with Crippen LogP contribution >= 0.6 is 0 Å². The quantitative estimate of drug-likeness (QED) is 0.494. The van der Waals surface area contributed by atoms with Crippen LogP contribution in [0.15, 0.2) is 89.9 Å². The van der Waals surface area contributed by atoms with E-state index in [1.54, 1.807) is 0 Å². The molecular formula is C28H28N2O. The van der Waals surface area contributed by atoms with Gasteiger partial charge < -0.3 is 4.90 Å². The topological polar surface area (TPSA) is 32.7 Å². The third-order valence-corrected chi connectivity index (χ3v) is 6.46. The Labute approximate surface area is 184 Å². The highest BCUT2D eigenvalue weighted by Gasteiger charge is 2.46. The second-order valence-electron chi connectivity index (χ2n) is 9.52. The van der Waals surface area contributed by atoms with Crippen molar-refractivity contribution in [3.8, 4) is 0 Å². The van der Waals surface area contributed by atoms with Crippen LogP contribution in [0.1, 0.15) is 43.9 Å². The van der Waals surface area contributed by atoms with Gasteiger partial charge in [-0.1, -0.05) is 86.6 Å². The van der Waals surface area contributed by atoms with E-state index < -0.39 is 0 Å². The normalized spacial score (nSPS) is 22.2. The summed E-state index contributed by atoms with van der Waals surface area (Å²) in [6.07, 6.45) is 1.44. The van der Waals surface area contributed by atoms with Crippen LogP contribution in [-0.2, 0) is 11.3 Å². The van der Waals surface area contributed by atoms with Crippen molar-refractivity contribution in [2.24, 2.45) is 16.3 Å². The maximum absolute atomic E-state index is 13.6. The summed E-state index contributed by atoms with van der Waals surface area (Å²) >= 11 is 0. The Morgan fingerprint density at radius 1 is 0.871 bits per heavy atom. The van der Waals surface area contributed by atoms with Gasteiger partial charge in [-0.3, -0.25) is 9.79 Å². The highest BCUT2D eigenvalue weighted by Crippen LogP contribution is 2.48. The monoisotopic (exact) mass is 408 g/mol. The van der Waals surface area contributed by atoms with Crippen molar-refractivity contribution in [2.75, 3.05) is 4.90 Å². The van der Waals surface area contributed by atoms with Crippen molar-refractivity contribution in [3.63, 3.8) is 0 Å². The van der Waals surface area contributed by atoms with Crippen LogP contribution in [0.2, 0.25) is 0 Å². The van der Waals surface area contributed by atoms with Gasteiger partial charge >= 0.3 is 0 Å². The molecule has 2 aliphatic rings. The number of carbonyl (C=O) groups is 1. The van der Waals surface area contributed by atoms with Gasteiger partial charge in [0.1, 0.15) is 5.78 Å². The van der Waals surface area contributed by atoms with Gasteiger partial charge in [-0.25, -0.2) is 0 Å². The van der Waals surface area contributed by atoms with Crippen LogP contribution in [-0.4, -0.2) is 11.5 Å². The zero-order valence-corrected chi connectivity index (χ0v) is 18.2. The molecule has 3 nitrogen and oxygen atoms in total. The van der Waals surface area contributed by atoms with E-state index in [-0.39, 0.29) is 17.4 Å². The summed E-state index contributed by atoms with van der Waals surface area (Å²) in [7, 11) is 0. The standard InChI is InChI=1S/C28H28N2O/c1-28(2)17-23-26(25(31)18-28)27(21-13-7-4-8-14-21)30(19-20-11-5-3-6-12-20)24-16-10-9-15-22(24)29-23/h3-16,26-27H,17-19H2,1-2H3/t26-,27+/m1/s1. The molecule has 1 saturated carbocycles. The van der Waals surface area contributed by atoms with E-state index >= 15 is 0 Å². The Morgan fingerprint density at radius 2 is 1.52 bits per heavy atom. The average molecular weight is 409 g/mol. The lowest BCUT2D eigenvalue weighted by atomic mass is 9.68. The van der Waals surface area contributed by atoms with Gasteiger partial charge in [0.25, 0.3) is 0 Å². The molecular weight excluding hydrogens is 380 g/mol. The van der Waals surface area contributed by atoms with Crippen LogP contribution in [0.3, 0.4) is 0 Å². The van der Waals surface area contributed by atoms with E-state index in [1.807, 2.05) is 18.2 Å². The lowest BCUT2D eigenvalue weighted by molar-refractivity contribution is -0.124. The lowest BCUT2D eigenvalue weighted by Crippen LogP contribution is -2.45. The van der Waals surface area contributed by atoms with Crippen molar-refractivity contribution in [1.29, 1.82) is 0 Å². The lowest BCUT2D eigenvalue weighted by Gasteiger charge is -2.42. The van der Waals surface area contributed by atoms with Crippen molar-refractivity contribution >= 4 is 22.9 Å². The number of para-hydroxylation sites is 2. The number of benzene rings is 3. The summed E-state index contributed by atoms with van der Waals surface area (Å²) in [6.45, 7) is 5.09. The van der Waals surface area contributed by atoms with E-state index in [0.29, 0.717) is 12.2 Å². The number of ketones is 1. The van der Waals surface area contributed by atoms with E-state index in [4.69, 9.17) is 4.99 Å². The highest BCUT2D eigenvalue weighted by molar-refractivity contribution is 6.10. The summed E-state index contributed by atoms with van der Waals surface area (Å²) < 4.78 is 0. The van der Waals surface area contributed by atoms with Gasteiger partial charge in [0, 0.05) is 18.7 Å². The molecule has 0 saturated heterocycles. The fraction of sp³-hybridized carbons (Fsp3) is 0.286. The number of hydrogen-bond donors (Lipinski definition) is 0. The Balaban J connectivity index is 1.72. The first kappa shape index (κ1) is 19.7. The Hall–Kier alpha value is -3.20. The first-order valence-electron chi connectivity index (χ1n) is 11.1. The van der Waals surface area contributed by atoms with Crippen LogP contribution in [0, 0.1) is 11.3 Å². The van der Waals surface area contributed by atoms with Crippen molar-refractivity contribution in [1.82, 2.24) is 0 Å². The van der Waals surface area contributed by atoms with E-state index in [1.165, 1.54) is 11.1 Å². The molecule has 0 bridgehead atoms. The molecule has 1 aliphatic heterocycles. The first-order chi connectivity index (χ1) is 15.0. The predicted octanol–water partition coefficient (Wildman–Crippen LogP) is 6.53. The molecule has 0 N–H and O–H groups in total. The number of fused-ring (bicyclic) bond motifs is 2. The minimum Gasteiger partial charge on any atom is -0.357 e. The third-order valence-electron chi connectivity index (χ3n) is 6.46. The molecule has 31 heavy (non-hydrogen) atoms. The molecule has 0 radical (unpaired) electrons. The van der Waals surface area contributed by atoms with Gasteiger partial charge in [0.2, 0.25) is 0 Å². The summed E-state index contributed by atoms with van der Waals surface area (Å²) in [4.78, 5) is 21.2. The molecule has 156 valence electrons. The number of Topliss-reactive ketones (excluding diaryl/α,β-unsaturated/α-hetero) is 1. The number of anilines is 1. The van der Waals surface area contributed by atoms with Crippen LogP contribution in [0.5, 0.6) is 0 Å². The molecule has 1 fully saturated rings. The highest BCUT2D eigenvalue weighted by atomic mass is 16.1. The van der Waals surface area contributed by atoms with Crippen molar-refractivity contribution < 1.29 is 4.79 Å². The minimum absolute atomic E-state index is 0.0583. The van der Waals surface area contributed by atoms with Crippen LogP contribution in [0.25, 0.3) is 0 Å². The molecule has 3 aromatic carbocycles. The fourth-order valence-electron chi connectivity index (χ4n) is 5.17. The summed E-state index contributed by atoms with van der Waals surface area (Å²) in [5, 5.41) is 0. The SMILES string of the molecule is CC1(C)CC(=O)[C@H]2C(=Nc3ccccc3N(Cc3ccccc3)[C@H]2c2ccccc2)C1. The van der Waals surface area contributed by atoms with E-state index in [2.05, 4.69) is 85.5 Å². The predicted molar refractivity (Wildman–Crippen MR) is 127 cm³/mol. The molecule has 0 spiro atoms. The van der Waals surface area contributed by atoms with Crippen molar-refractivity contribution in [2.45, 2.75) is 39.3 Å². The zero-order chi connectivity index (χ0) is 21.4. The Kier molecular flexibility index (Phi) is 4.97. The van der Waals surface area contributed by atoms with E-state index in [0.717, 1.165) is 30.1 Å². The maximum atomic E-state index is 13.6. The van der Waals surface area contributed by atoms with E-state index in [9.17, 15) is 4.79 Å². The second-order valence-corrected chi connectivity index (χ2v) is 9.52. The number of carbonyl (C=O) groups excluding carboxylic acids is 1. The molecule has 3 aromatic rings. The van der Waals surface area contributed by atoms with Crippen LogP contribution < -0.4 is 4.90 Å². The number of aliphatic imine (C=N–C) groups is 1. The summed E-state index contributed by atoms with van der Waals surface area (Å²) in [6, 6.07) is 29.3. The summed E-state index contributed by atoms with van der Waals surface area (Å²) in [5.41, 5.74) is 5.41. The summed E-state index contributed by atoms with van der Waals surface area (Å²) in [5.74, 6) is 0.0706. The third kappa shape index (κ3) is 3.81. The molecule has 3 heteroatoms. The number of rotatable bonds is 3. The second kappa shape index (κ2) is 7.81. The number of nitrogens with zero attached hydrogens (tertiary/aromatic N) is 2. The van der Waals surface area contributed by atoms with Gasteiger partial charge in [0.15, 0.2) is 0 Å². The largest absolute Gasteiger partial charge is 0.357 e. The fourth-order valence-corrected chi connectivity index (χ4v) is 5.17. The number of hydrogen-bond acceptors (Lipinski definition) is 3. The van der Waals surface area contributed by atoms with Gasteiger partial charge in [-0.15, -0.1) is 0 Å². The van der Waals surface area contributed by atoms with Crippen molar-refractivity contribution in [3.05, 3.63) is 96.1 Å².